The van der Waals surface area contributed by atoms with Gasteiger partial charge in [0.25, 0.3) is 0 Å². The van der Waals surface area contributed by atoms with Gasteiger partial charge in [-0.3, -0.25) is 0 Å². The van der Waals surface area contributed by atoms with Crippen molar-refractivity contribution < 1.29 is 9.13 Å². The molecule has 0 bridgehead atoms. The summed E-state index contributed by atoms with van der Waals surface area (Å²) >= 11 is 0. The van der Waals surface area contributed by atoms with E-state index in [1.54, 1.807) is 6.07 Å². The molecule has 1 saturated carbocycles. The van der Waals surface area contributed by atoms with E-state index in [0.29, 0.717) is 11.7 Å². The van der Waals surface area contributed by atoms with Crippen LogP contribution in [0.1, 0.15) is 46.5 Å². The Morgan fingerprint density at radius 1 is 1.33 bits per heavy atom. The molecule has 118 valence electrons. The average Bonchev–Trinajstić information content (AvgIpc) is 2.40. The first-order chi connectivity index (χ1) is 9.88. The maximum Gasteiger partial charge on any atom is 0.167 e. The van der Waals surface area contributed by atoms with Gasteiger partial charge in [-0.15, -0.1) is 0 Å². The van der Waals surface area contributed by atoms with Gasteiger partial charge in [-0.1, -0.05) is 19.8 Å². The minimum atomic E-state index is -0.393. The van der Waals surface area contributed by atoms with Crippen LogP contribution in [-0.2, 0) is 0 Å². The third-order valence-corrected chi connectivity index (χ3v) is 4.28. The van der Waals surface area contributed by atoms with Crippen LogP contribution in [0.15, 0.2) is 12.1 Å². The summed E-state index contributed by atoms with van der Waals surface area (Å²) in [7, 11) is 2.05. The van der Waals surface area contributed by atoms with Crippen LogP contribution >= 0.6 is 0 Å². The van der Waals surface area contributed by atoms with Crippen molar-refractivity contribution in [1.82, 2.24) is 0 Å². The van der Waals surface area contributed by atoms with Crippen LogP contribution in [0.5, 0.6) is 5.75 Å². The first-order valence-corrected chi connectivity index (χ1v) is 7.87. The molecule has 1 aromatic carbocycles. The van der Waals surface area contributed by atoms with Gasteiger partial charge < -0.3 is 15.4 Å². The van der Waals surface area contributed by atoms with Crippen molar-refractivity contribution in [2.45, 2.75) is 58.6 Å². The molecular weight excluding hydrogens is 267 g/mol. The van der Waals surface area contributed by atoms with Crippen LogP contribution in [0.2, 0.25) is 0 Å². The lowest BCUT2D eigenvalue weighted by molar-refractivity contribution is 0.231. The maximum atomic E-state index is 13.9. The zero-order valence-electron chi connectivity index (χ0n) is 13.5. The summed E-state index contributed by atoms with van der Waals surface area (Å²) < 4.78 is 19.5. The Hall–Kier alpha value is -1.45. The largest absolute Gasteiger partial charge is 0.488 e. The van der Waals surface area contributed by atoms with Gasteiger partial charge in [0.1, 0.15) is 0 Å². The second-order valence-electron chi connectivity index (χ2n) is 6.54. The molecule has 1 aliphatic rings. The Kier molecular flexibility index (Phi) is 4.96. The summed E-state index contributed by atoms with van der Waals surface area (Å²) in [6, 6.07) is 3.58. The second-order valence-corrected chi connectivity index (χ2v) is 6.54. The highest BCUT2D eigenvalue weighted by atomic mass is 19.1. The molecular formula is C17H27FN2O. The number of nitrogens with two attached hydrogens (primary N) is 1. The lowest BCUT2D eigenvalue weighted by atomic mass is 9.86. The van der Waals surface area contributed by atoms with Crippen LogP contribution in [-0.4, -0.2) is 19.2 Å². The van der Waals surface area contributed by atoms with Crippen molar-refractivity contribution in [3.05, 3.63) is 17.9 Å². The molecule has 2 rings (SSSR count). The van der Waals surface area contributed by atoms with Gasteiger partial charge >= 0.3 is 0 Å². The number of nitrogens with zero attached hydrogens (tertiary/aromatic N) is 1. The van der Waals surface area contributed by atoms with Crippen molar-refractivity contribution in [2.24, 2.45) is 5.92 Å². The van der Waals surface area contributed by atoms with Crippen molar-refractivity contribution >= 4 is 11.4 Å². The molecule has 2 unspecified atom stereocenters. The SMILES string of the molecule is CC1CCCC(N(C)c2cc(OC(C)C)c(F)cc2N)C1. The average molecular weight is 294 g/mol. The van der Waals surface area contributed by atoms with Crippen LogP contribution in [0.4, 0.5) is 15.8 Å². The van der Waals surface area contributed by atoms with Crippen LogP contribution in [0.25, 0.3) is 0 Å². The molecule has 0 radical (unpaired) electrons. The quantitative estimate of drug-likeness (QED) is 0.845. The Labute approximate surface area is 127 Å². The first kappa shape index (κ1) is 15.9. The number of hydrogen-bond donors (Lipinski definition) is 1. The summed E-state index contributed by atoms with van der Waals surface area (Å²) in [6.45, 7) is 6.07. The third-order valence-electron chi connectivity index (χ3n) is 4.28. The molecule has 0 saturated heterocycles. The van der Waals surface area contributed by atoms with Gasteiger partial charge in [0.15, 0.2) is 11.6 Å². The molecule has 4 heteroatoms. The number of benzene rings is 1. The van der Waals surface area contributed by atoms with Crippen molar-refractivity contribution in [3.63, 3.8) is 0 Å². The van der Waals surface area contributed by atoms with Gasteiger partial charge in [0, 0.05) is 25.2 Å². The van der Waals surface area contributed by atoms with E-state index < -0.39 is 5.82 Å². The number of nitrogen functional groups attached to an aromatic ring is 1. The molecule has 0 aliphatic heterocycles. The predicted molar refractivity (Wildman–Crippen MR) is 86.4 cm³/mol. The lowest BCUT2D eigenvalue weighted by Crippen LogP contribution is -2.36. The van der Waals surface area contributed by atoms with Gasteiger partial charge in [-0.25, -0.2) is 4.39 Å². The smallest absolute Gasteiger partial charge is 0.167 e. The number of halogens is 1. The summed E-state index contributed by atoms with van der Waals surface area (Å²) in [5, 5.41) is 0. The highest BCUT2D eigenvalue weighted by molar-refractivity contribution is 5.70. The first-order valence-electron chi connectivity index (χ1n) is 7.87. The Morgan fingerprint density at radius 2 is 2.05 bits per heavy atom. The summed E-state index contributed by atoms with van der Waals surface area (Å²) in [6.07, 6.45) is 4.81. The van der Waals surface area contributed by atoms with E-state index in [2.05, 4.69) is 11.8 Å². The Balaban J connectivity index is 2.25. The monoisotopic (exact) mass is 294 g/mol. The molecule has 2 N–H and O–H groups in total. The van der Waals surface area contributed by atoms with Crippen LogP contribution in [0, 0.1) is 11.7 Å². The second kappa shape index (κ2) is 6.54. The van der Waals surface area contributed by atoms with E-state index in [9.17, 15) is 4.39 Å². The zero-order chi connectivity index (χ0) is 15.6. The predicted octanol–water partition coefficient (Wildman–Crippen LogP) is 4.21. The third kappa shape index (κ3) is 3.80. The zero-order valence-corrected chi connectivity index (χ0v) is 13.5. The molecule has 2 atom stereocenters. The van der Waals surface area contributed by atoms with Gasteiger partial charge in [-0.2, -0.15) is 0 Å². The van der Waals surface area contributed by atoms with E-state index in [-0.39, 0.29) is 11.9 Å². The minimum Gasteiger partial charge on any atom is -0.488 e. The molecule has 3 nitrogen and oxygen atoms in total. The number of ether oxygens (including phenoxy) is 1. The van der Waals surface area contributed by atoms with Crippen LogP contribution in [0.3, 0.4) is 0 Å². The molecule has 0 amide bonds. The van der Waals surface area contributed by atoms with E-state index in [0.717, 1.165) is 24.4 Å². The van der Waals surface area contributed by atoms with Gasteiger partial charge in [0.2, 0.25) is 0 Å². The molecule has 21 heavy (non-hydrogen) atoms. The fourth-order valence-corrected chi connectivity index (χ4v) is 3.16. The summed E-state index contributed by atoms with van der Waals surface area (Å²) in [5.74, 6) is 0.625. The fourth-order valence-electron chi connectivity index (χ4n) is 3.16. The van der Waals surface area contributed by atoms with E-state index in [4.69, 9.17) is 10.5 Å². The highest BCUT2D eigenvalue weighted by Gasteiger charge is 2.24. The van der Waals surface area contributed by atoms with Crippen LogP contribution < -0.4 is 15.4 Å². The fraction of sp³-hybridized carbons (Fsp3) is 0.647. The Bertz CT molecular complexity index is 490. The molecule has 1 aromatic rings. The molecule has 0 aromatic heterocycles. The topological polar surface area (TPSA) is 38.5 Å². The molecule has 1 fully saturated rings. The number of hydrogen-bond acceptors (Lipinski definition) is 3. The molecule has 0 heterocycles. The molecule has 1 aliphatic carbocycles. The molecule has 0 spiro atoms. The standard InChI is InChI=1S/C17H27FN2O/c1-11(2)21-17-10-16(15(19)9-14(17)18)20(4)13-7-5-6-12(3)8-13/h9-13H,5-8,19H2,1-4H3. The lowest BCUT2D eigenvalue weighted by Gasteiger charge is -2.36. The van der Waals surface area contributed by atoms with Gasteiger partial charge in [-0.05, 0) is 32.6 Å². The van der Waals surface area contributed by atoms with Crippen molar-refractivity contribution in [3.8, 4) is 5.75 Å². The summed E-state index contributed by atoms with van der Waals surface area (Å²) in [5.41, 5.74) is 7.37. The number of rotatable bonds is 4. The van der Waals surface area contributed by atoms with Crippen molar-refractivity contribution in [2.75, 3.05) is 17.7 Å². The van der Waals surface area contributed by atoms with Gasteiger partial charge in [0.05, 0.1) is 17.5 Å². The van der Waals surface area contributed by atoms with E-state index in [1.807, 2.05) is 20.9 Å². The van der Waals surface area contributed by atoms with Crippen molar-refractivity contribution in [1.29, 1.82) is 0 Å². The number of anilines is 2. The van der Waals surface area contributed by atoms with E-state index in [1.165, 1.54) is 18.9 Å². The van der Waals surface area contributed by atoms with E-state index >= 15 is 0 Å². The minimum absolute atomic E-state index is 0.0593. The highest BCUT2D eigenvalue weighted by Crippen LogP contribution is 2.35. The maximum absolute atomic E-state index is 13.9. The summed E-state index contributed by atoms with van der Waals surface area (Å²) in [4.78, 5) is 2.19. The normalized spacial score (nSPS) is 22.4. The Morgan fingerprint density at radius 3 is 2.67 bits per heavy atom.